The second-order valence-electron chi connectivity index (χ2n) is 2.87. The molecule has 0 atom stereocenters. The van der Waals surface area contributed by atoms with Crippen molar-refractivity contribution < 1.29 is 4.79 Å². The van der Waals surface area contributed by atoms with E-state index < -0.39 is 0 Å². The molecule has 0 radical (unpaired) electrons. The molecule has 1 aromatic rings. The summed E-state index contributed by atoms with van der Waals surface area (Å²) in [5.74, 6) is 0. The monoisotopic (exact) mass is 165 g/mol. The van der Waals surface area contributed by atoms with E-state index in [1.165, 1.54) is 10.6 Å². The first-order valence-electron chi connectivity index (χ1n) is 3.83. The molecule has 0 amide bonds. The summed E-state index contributed by atoms with van der Waals surface area (Å²) in [5, 5.41) is 0. The van der Waals surface area contributed by atoms with E-state index in [1.54, 1.807) is 12.1 Å². The van der Waals surface area contributed by atoms with E-state index in [4.69, 9.17) is 0 Å². The van der Waals surface area contributed by atoms with Crippen molar-refractivity contribution in [1.82, 2.24) is 4.57 Å². The molecule has 1 aromatic heterocycles. The molecule has 3 nitrogen and oxygen atoms in total. The lowest BCUT2D eigenvalue weighted by atomic mass is 10.3. The lowest BCUT2D eigenvalue weighted by Crippen LogP contribution is -2.23. The van der Waals surface area contributed by atoms with Crippen molar-refractivity contribution in [2.24, 2.45) is 0 Å². The molecule has 0 saturated carbocycles. The molecule has 0 aliphatic rings. The molecule has 64 valence electrons. The molecular weight excluding hydrogens is 154 g/mol. The van der Waals surface area contributed by atoms with Crippen LogP contribution in [0.3, 0.4) is 0 Å². The van der Waals surface area contributed by atoms with Gasteiger partial charge in [0.15, 0.2) is 6.29 Å². The molecule has 0 aliphatic heterocycles. The van der Waals surface area contributed by atoms with Gasteiger partial charge >= 0.3 is 0 Å². The van der Waals surface area contributed by atoms with Crippen molar-refractivity contribution in [2.75, 3.05) is 0 Å². The van der Waals surface area contributed by atoms with Crippen LogP contribution in [0, 0.1) is 0 Å². The summed E-state index contributed by atoms with van der Waals surface area (Å²) in [7, 11) is 0. The topological polar surface area (TPSA) is 39.1 Å². The van der Waals surface area contributed by atoms with Crippen molar-refractivity contribution in [3.63, 3.8) is 0 Å². The minimum Gasteiger partial charge on any atom is -0.303 e. The van der Waals surface area contributed by atoms with E-state index in [1.807, 2.05) is 13.8 Å². The number of carbonyl (C=O) groups is 1. The molecule has 1 rings (SSSR count). The molecule has 0 bridgehead atoms. The van der Waals surface area contributed by atoms with Gasteiger partial charge in [-0.05, 0) is 19.9 Å². The third kappa shape index (κ3) is 1.44. The second-order valence-corrected chi connectivity index (χ2v) is 2.87. The highest BCUT2D eigenvalue weighted by molar-refractivity contribution is 5.71. The first-order chi connectivity index (χ1) is 5.66. The number of hydrogen-bond donors (Lipinski definition) is 0. The van der Waals surface area contributed by atoms with Gasteiger partial charge in [-0.15, -0.1) is 0 Å². The number of pyridine rings is 1. The van der Waals surface area contributed by atoms with Gasteiger partial charge in [0.05, 0.1) is 5.69 Å². The Labute approximate surface area is 70.6 Å². The summed E-state index contributed by atoms with van der Waals surface area (Å²) in [6.07, 6.45) is 0.696. The maximum atomic E-state index is 11.2. The largest absolute Gasteiger partial charge is 0.303 e. The van der Waals surface area contributed by atoms with E-state index in [9.17, 15) is 9.59 Å². The van der Waals surface area contributed by atoms with Gasteiger partial charge in [-0.25, -0.2) is 0 Å². The summed E-state index contributed by atoms with van der Waals surface area (Å²) >= 11 is 0. The van der Waals surface area contributed by atoms with E-state index in [2.05, 4.69) is 0 Å². The van der Waals surface area contributed by atoms with Crippen LogP contribution in [0.4, 0.5) is 0 Å². The molecule has 12 heavy (non-hydrogen) atoms. The van der Waals surface area contributed by atoms with Crippen molar-refractivity contribution >= 4 is 6.29 Å². The van der Waals surface area contributed by atoms with Crippen LogP contribution in [-0.4, -0.2) is 10.9 Å². The number of hydrogen-bond acceptors (Lipinski definition) is 2. The number of aromatic nitrogens is 1. The number of nitrogens with zero attached hydrogens (tertiary/aromatic N) is 1. The van der Waals surface area contributed by atoms with Crippen LogP contribution in [-0.2, 0) is 0 Å². The molecule has 0 saturated heterocycles. The molecular formula is C9H11NO2. The van der Waals surface area contributed by atoms with Gasteiger partial charge in [0.2, 0.25) is 0 Å². The van der Waals surface area contributed by atoms with Crippen LogP contribution in [0.2, 0.25) is 0 Å². The normalized spacial score (nSPS) is 10.2. The quantitative estimate of drug-likeness (QED) is 0.618. The molecule has 0 aromatic carbocycles. The minimum absolute atomic E-state index is 0.0268. The van der Waals surface area contributed by atoms with Crippen molar-refractivity contribution in [3.8, 4) is 0 Å². The van der Waals surface area contributed by atoms with Gasteiger partial charge in [-0.2, -0.15) is 0 Å². The summed E-state index contributed by atoms with van der Waals surface area (Å²) in [5.41, 5.74) is 0.298. The predicted octanol–water partition coefficient (Wildman–Crippen LogP) is 1.24. The van der Waals surface area contributed by atoms with Crippen LogP contribution in [0.25, 0.3) is 0 Å². The van der Waals surface area contributed by atoms with Gasteiger partial charge in [0.1, 0.15) is 0 Å². The maximum absolute atomic E-state index is 11.2. The summed E-state index contributed by atoms with van der Waals surface area (Å²) in [6, 6.07) is 4.70. The van der Waals surface area contributed by atoms with Gasteiger partial charge in [0, 0.05) is 12.1 Å². The first-order valence-corrected chi connectivity index (χ1v) is 3.83. The molecule has 3 heteroatoms. The van der Waals surface area contributed by atoms with Gasteiger partial charge in [0.25, 0.3) is 5.56 Å². The van der Waals surface area contributed by atoms with E-state index in [0.717, 1.165) is 0 Å². The highest BCUT2D eigenvalue weighted by Gasteiger charge is 2.04. The Morgan fingerprint density at radius 2 is 2.08 bits per heavy atom. The first kappa shape index (κ1) is 8.71. The van der Waals surface area contributed by atoms with Crippen LogP contribution in [0.1, 0.15) is 30.4 Å². The maximum Gasteiger partial charge on any atom is 0.251 e. The zero-order valence-corrected chi connectivity index (χ0v) is 7.15. The molecule has 0 unspecified atom stereocenters. The number of aldehydes is 1. The molecule has 0 N–H and O–H groups in total. The fourth-order valence-electron chi connectivity index (χ4n) is 1.17. The second kappa shape index (κ2) is 3.34. The highest BCUT2D eigenvalue weighted by atomic mass is 16.1. The smallest absolute Gasteiger partial charge is 0.251 e. The van der Waals surface area contributed by atoms with Gasteiger partial charge in [-0.1, -0.05) is 6.07 Å². The highest BCUT2D eigenvalue weighted by Crippen LogP contribution is 2.02. The van der Waals surface area contributed by atoms with Crippen LogP contribution in [0.5, 0.6) is 0 Å². The fraction of sp³-hybridized carbons (Fsp3) is 0.333. The van der Waals surface area contributed by atoms with E-state index >= 15 is 0 Å². The predicted molar refractivity (Wildman–Crippen MR) is 46.5 cm³/mol. The summed E-state index contributed by atoms with van der Waals surface area (Å²) in [4.78, 5) is 21.8. The van der Waals surface area contributed by atoms with E-state index in [-0.39, 0.29) is 11.6 Å². The third-order valence-electron chi connectivity index (χ3n) is 1.66. The third-order valence-corrected chi connectivity index (χ3v) is 1.66. The van der Waals surface area contributed by atoms with Crippen molar-refractivity contribution in [2.45, 2.75) is 19.9 Å². The molecule has 0 aliphatic carbocycles. The number of carbonyl (C=O) groups excluding carboxylic acids is 1. The zero-order valence-electron chi connectivity index (χ0n) is 7.15. The fourth-order valence-corrected chi connectivity index (χ4v) is 1.17. The van der Waals surface area contributed by atoms with Crippen molar-refractivity contribution in [1.29, 1.82) is 0 Å². The minimum atomic E-state index is -0.130. The molecule has 0 spiro atoms. The van der Waals surface area contributed by atoms with Crippen molar-refractivity contribution in [3.05, 3.63) is 34.2 Å². The van der Waals surface area contributed by atoms with Crippen LogP contribution < -0.4 is 5.56 Å². The van der Waals surface area contributed by atoms with E-state index in [0.29, 0.717) is 12.0 Å². The average molecular weight is 165 g/mol. The number of rotatable bonds is 2. The average Bonchev–Trinajstić information content (AvgIpc) is 2.03. The van der Waals surface area contributed by atoms with Crippen LogP contribution in [0.15, 0.2) is 23.0 Å². The van der Waals surface area contributed by atoms with Crippen LogP contribution >= 0.6 is 0 Å². The summed E-state index contributed by atoms with van der Waals surface area (Å²) < 4.78 is 1.47. The Morgan fingerprint density at radius 3 is 2.50 bits per heavy atom. The van der Waals surface area contributed by atoms with Gasteiger partial charge in [-0.3, -0.25) is 9.59 Å². The Bertz CT molecular complexity index is 339. The molecule has 0 fully saturated rings. The van der Waals surface area contributed by atoms with Gasteiger partial charge < -0.3 is 4.57 Å². The Hall–Kier alpha value is -1.38. The lowest BCUT2D eigenvalue weighted by molar-refractivity contribution is 0.111. The lowest BCUT2D eigenvalue weighted by Gasteiger charge is -2.11. The Kier molecular flexibility index (Phi) is 2.43. The zero-order chi connectivity index (χ0) is 9.14. The Morgan fingerprint density at radius 1 is 1.42 bits per heavy atom. The Balaban J connectivity index is 3.39. The molecule has 1 heterocycles. The SMILES string of the molecule is CC(C)n1c(C=O)cccc1=O. The standard InChI is InChI=1S/C9H11NO2/c1-7(2)10-8(6-11)4-3-5-9(10)12/h3-7H,1-2H3. The summed E-state index contributed by atoms with van der Waals surface area (Å²) in [6.45, 7) is 3.74.